The van der Waals surface area contributed by atoms with Crippen molar-refractivity contribution >= 4 is 43.6 Å². The molecule has 0 aliphatic heterocycles. The van der Waals surface area contributed by atoms with Crippen molar-refractivity contribution < 1.29 is 44.1 Å². The zero-order valence-electron chi connectivity index (χ0n) is 21.0. The van der Waals surface area contributed by atoms with Gasteiger partial charge in [0.05, 0.1) is 19.0 Å². The SMILES string of the molecule is COc1cc(Br)ccc1N(C(=O)N(C)C(C)(C)C)c1ccc(S(=O)(=O)Oc2c(F)c(F)c(F)c(F)c2F)cn1. The summed E-state index contributed by atoms with van der Waals surface area (Å²) < 4.78 is 104. The summed E-state index contributed by atoms with van der Waals surface area (Å²) in [5.41, 5.74) is -0.411. The maximum Gasteiger partial charge on any atom is 0.340 e. The molecule has 1 aromatic heterocycles. The summed E-state index contributed by atoms with van der Waals surface area (Å²) >= 11 is 3.31. The van der Waals surface area contributed by atoms with Crippen molar-refractivity contribution in [3.63, 3.8) is 0 Å². The van der Waals surface area contributed by atoms with Crippen LogP contribution in [0.5, 0.6) is 11.5 Å². The van der Waals surface area contributed by atoms with Crippen LogP contribution in [0.2, 0.25) is 0 Å². The quantitative estimate of drug-likeness (QED) is 0.136. The Morgan fingerprint density at radius 3 is 2.00 bits per heavy atom. The minimum atomic E-state index is -5.13. The Balaban J connectivity index is 2.08. The zero-order valence-corrected chi connectivity index (χ0v) is 23.4. The van der Waals surface area contributed by atoms with E-state index in [1.165, 1.54) is 19.1 Å². The standard InChI is InChI=1S/C24H21BrF5N3O5S/c1-24(2,3)32(4)23(34)33(14-8-6-12(25)10-15(14)37-5)16-9-7-13(11-31-16)39(35,36)38-22-20(29)18(27)17(26)19(28)21(22)30/h6-11H,1-5H3. The van der Waals surface area contributed by atoms with Crippen LogP contribution < -0.4 is 13.8 Å². The van der Waals surface area contributed by atoms with E-state index in [0.29, 0.717) is 10.7 Å². The highest BCUT2D eigenvalue weighted by Crippen LogP contribution is 2.37. The molecule has 3 rings (SSSR count). The van der Waals surface area contributed by atoms with Crippen LogP contribution in [0.15, 0.2) is 45.9 Å². The van der Waals surface area contributed by atoms with Crippen LogP contribution >= 0.6 is 15.9 Å². The van der Waals surface area contributed by atoms with Gasteiger partial charge in [-0.15, -0.1) is 0 Å². The Morgan fingerprint density at radius 2 is 1.51 bits per heavy atom. The van der Waals surface area contributed by atoms with Crippen molar-refractivity contribution in [2.75, 3.05) is 19.1 Å². The molecule has 3 aromatic rings. The Hall–Kier alpha value is -3.46. The van der Waals surface area contributed by atoms with Crippen LogP contribution in [0.1, 0.15) is 20.8 Å². The molecule has 0 fully saturated rings. The van der Waals surface area contributed by atoms with Gasteiger partial charge in [0.1, 0.15) is 16.5 Å². The van der Waals surface area contributed by atoms with Crippen molar-refractivity contribution in [3.8, 4) is 11.5 Å². The molecule has 2 amide bonds. The molecule has 2 aromatic carbocycles. The number of carbonyl (C=O) groups is 1. The van der Waals surface area contributed by atoms with Crippen molar-refractivity contribution in [1.82, 2.24) is 9.88 Å². The fourth-order valence-corrected chi connectivity index (χ4v) is 4.28. The van der Waals surface area contributed by atoms with E-state index in [-0.39, 0.29) is 17.3 Å². The van der Waals surface area contributed by atoms with Gasteiger partial charge in [-0.3, -0.25) is 0 Å². The number of amides is 2. The number of hydrogen-bond donors (Lipinski definition) is 0. The molecule has 0 bridgehead atoms. The van der Waals surface area contributed by atoms with E-state index in [1.54, 1.807) is 39.0 Å². The summed E-state index contributed by atoms with van der Waals surface area (Å²) in [5, 5.41) is 0. The van der Waals surface area contributed by atoms with Gasteiger partial charge in [-0.2, -0.15) is 17.2 Å². The summed E-state index contributed by atoms with van der Waals surface area (Å²) in [6.07, 6.45) is 0.694. The lowest BCUT2D eigenvalue weighted by Gasteiger charge is -2.36. The summed E-state index contributed by atoms with van der Waals surface area (Å²) in [6.45, 7) is 5.34. The van der Waals surface area contributed by atoms with Gasteiger partial charge in [-0.05, 0) is 51.1 Å². The Kier molecular flexibility index (Phi) is 8.46. The van der Waals surface area contributed by atoms with E-state index in [1.807, 2.05) is 0 Å². The first kappa shape index (κ1) is 30.1. The number of ether oxygens (including phenoxy) is 1. The topological polar surface area (TPSA) is 89.0 Å². The zero-order chi connectivity index (χ0) is 29.4. The molecule has 0 N–H and O–H groups in total. The number of rotatable bonds is 6. The average Bonchev–Trinajstić information content (AvgIpc) is 2.89. The van der Waals surface area contributed by atoms with Gasteiger partial charge in [0, 0.05) is 17.1 Å². The molecule has 0 atom stereocenters. The maximum absolute atomic E-state index is 14.0. The largest absolute Gasteiger partial charge is 0.495 e. The first-order chi connectivity index (χ1) is 18.0. The lowest BCUT2D eigenvalue weighted by Crippen LogP contribution is -2.48. The molecule has 0 aliphatic rings. The predicted molar refractivity (Wildman–Crippen MR) is 134 cm³/mol. The van der Waals surface area contributed by atoms with Crippen molar-refractivity contribution in [3.05, 3.63) is 70.1 Å². The number of benzene rings is 2. The maximum atomic E-state index is 14.0. The highest BCUT2D eigenvalue weighted by Gasteiger charge is 2.33. The highest BCUT2D eigenvalue weighted by molar-refractivity contribution is 9.10. The van der Waals surface area contributed by atoms with Crippen molar-refractivity contribution in [1.29, 1.82) is 0 Å². The third-order valence-corrected chi connectivity index (χ3v) is 7.17. The molecular formula is C24H21BrF5N3O5S. The summed E-state index contributed by atoms with van der Waals surface area (Å²) in [5.74, 6) is -14.0. The van der Waals surface area contributed by atoms with Gasteiger partial charge in [0.2, 0.25) is 34.8 Å². The van der Waals surface area contributed by atoms with E-state index >= 15 is 0 Å². The molecule has 0 radical (unpaired) electrons. The van der Waals surface area contributed by atoms with Crippen LogP contribution in [0.3, 0.4) is 0 Å². The molecular weight excluding hydrogens is 617 g/mol. The third kappa shape index (κ3) is 5.93. The summed E-state index contributed by atoms with van der Waals surface area (Å²) in [4.78, 5) is 19.3. The Bertz CT molecular complexity index is 1500. The fourth-order valence-electron chi connectivity index (χ4n) is 3.07. The molecule has 39 heavy (non-hydrogen) atoms. The normalized spacial score (nSPS) is 11.8. The van der Waals surface area contributed by atoms with E-state index in [2.05, 4.69) is 25.1 Å². The molecule has 0 aliphatic carbocycles. The lowest BCUT2D eigenvalue weighted by molar-refractivity contribution is 0.174. The minimum Gasteiger partial charge on any atom is -0.495 e. The van der Waals surface area contributed by atoms with Gasteiger partial charge in [0.15, 0.2) is 0 Å². The average molecular weight is 638 g/mol. The van der Waals surface area contributed by atoms with Crippen LogP contribution in [-0.4, -0.2) is 44.0 Å². The van der Waals surface area contributed by atoms with Gasteiger partial charge in [-0.25, -0.2) is 27.8 Å². The molecule has 0 saturated carbocycles. The Labute approximate surface area is 229 Å². The monoisotopic (exact) mass is 637 g/mol. The number of carbonyl (C=O) groups excluding carboxylic acids is 1. The van der Waals surface area contributed by atoms with Gasteiger partial charge >= 0.3 is 16.1 Å². The summed E-state index contributed by atoms with van der Waals surface area (Å²) in [6, 6.07) is 6.16. The molecule has 0 spiro atoms. The number of urea groups is 1. The van der Waals surface area contributed by atoms with Crippen LogP contribution in [-0.2, 0) is 10.1 Å². The molecule has 210 valence electrons. The van der Waals surface area contributed by atoms with E-state index in [9.17, 15) is 35.2 Å². The molecule has 8 nitrogen and oxygen atoms in total. The second-order valence-corrected chi connectivity index (χ2v) is 11.4. The molecule has 15 heteroatoms. The molecule has 0 saturated heterocycles. The van der Waals surface area contributed by atoms with Crippen LogP contribution in [0.4, 0.5) is 38.3 Å². The van der Waals surface area contributed by atoms with Crippen molar-refractivity contribution in [2.24, 2.45) is 0 Å². The molecule has 0 unspecified atom stereocenters. The number of halogens is 6. The Morgan fingerprint density at radius 1 is 0.949 bits per heavy atom. The highest BCUT2D eigenvalue weighted by atomic mass is 79.9. The minimum absolute atomic E-state index is 0.0908. The number of nitrogens with zero attached hydrogens (tertiary/aromatic N) is 3. The smallest absolute Gasteiger partial charge is 0.340 e. The van der Waals surface area contributed by atoms with Gasteiger partial charge in [0.25, 0.3) is 0 Å². The first-order valence-electron chi connectivity index (χ1n) is 10.8. The van der Waals surface area contributed by atoms with Crippen LogP contribution in [0, 0.1) is 29.1 Å². The fraction of sp³-hybridized carbons (Fsp3) is 0.250. The second kappa shape index (κ2) is 11.0. The number of pyridine rings is 1. The number of aromatic nitrogens is 1. The van der Waals surface area contributed by atoms with Gasteiger partial charge in [-0.1, -0.05) is 15.9 Å². The molecule has 1 heterocycles. The number of anilines is 2. The lowest BCUT2D eigenvalue weighted by atomic mass is 10.1. The van der Waals surface area contributed by atoms with Crippen molar-refractivity contribution in [2.45, 2.75) is 31.2 Å². The van der Waals surface area contributed by atoms with Crippen LogP contribution in [0.25, 0.3) is 0 Å². The first-order valence-corrected chi connectivity index (χ1v) is 13.0. The van der Waals surface area contributed by atoms with E-state index in [0.717, 1.165) is 17.0 Å². The van der Waals surface area contributed by atoms with E-state index in [4.69, 9.17) is 4.74 Å². The second-order valence-electron chi connectivity index (χ2n) is 8.95. The number of hydrogen-bond acceptors (Lipinski definition) is 6. The van der Waals surface area contributed by atoms with Gasteiger partial charge < -0.3 is 13.8 Å². The number of methoxy groups -OCH3 is 1. The third-order valence-electron chi connectivity index (χ3n) is 5.47. The van der Waals surface area contributed by atoms with E-state index < -0.39 is 61.4 Å². The predicted octanol–water partition coefficient (Wildman–Crippen LogP) is 6.30. The summed E-state index contributed by atoms with van der Waals surface area (Å²) in [7, 11) is -2.22.